The zero-order chi connectivity index (χ0) is 19.1. The molecular weight excluding hydrogens is 338 g/mol. The lowest BCUT2D eigenvalue weighted by Gasteiger charge is -2.21. The van der Waals surface area contributed by atoms with Gasteiger partial charge >= 0.3 is 0 Å². The van der Waals surface area contributed by atoms with E-state index < -0.39 is 33.6 Å². The number of hydrogen-bond acceptors (Lipinski definition) is 5. The van der Waals surface area contributed by atoms with Gasteiger partial charge in [0.15, 0.2) is 5.78 Å². The molecule has 0 aliphatic rings. The second-order valence-corrected chi connectivity index (χ2v) is 8.75. The van der Waals surface area contributed by atoms with Gasteiger partial charge in [-0.15, -0.1) is 0 Å². The lowest BCUT2D eigenvalue weighted by molar-refractivity contribution is -0.122. The molecule has 0 aromatic heterocycles. The predicted octanol–water partition coefficient (Wildman–Crippen LogP) is 4.16. The van der Waals surface area contributed by atoms with Gasteiger partial charge in [-0.05, 0) is 6.42 Å². The number of carbonyl (C=O) groups excluding carboxylic acids is 1. The van der Waals surface area contributed by atoms with Crippen molar-refractivity contribution in [3.05, 3.63) is 0 Å². The zero-order valence-corrected chi connectivity index (χ0v) is 17.0. The molecule has 150 valence electrons. The van der Waals surface area contributed by atoms with Crippen molar-refractivity contribution in [3.63, 3.8) is 0 Å². The molecule has 5 nitrogen and oxygen atoms in total. The van der Waals surface area contributed by atoms with Gasteiger partial charge in [0.25, 0.3) is 0 Å². The molecule has 2 unspecified atom stereocenters. The second-order valence-electron chi connectivity index (χ2n) is 7.20. The Morgan fingerprint density at radius 1 is 0.880 bits per heavy atom. The molecule has 0 aliphatic heterocycles. The monoisotopic (exact) mass is 376 g/mol. The average molecular weight is 377 g/mol. The summed E-state index contributed by atoms with van der Waals surface area (Å²) in [5.74, 6) is -0.944. The van der Waals surface area contributed by atoms with Crippen LogP contribution in [0.25, 0.3) is 0 Å². The van der Waals surface area contributed by atoms with Crippen molar-refractivity contribution in [2.75, 3.05) is 6.54 Å². The molecule has 0 radical (unpaired) electrons. The van der Waals surface area contributed by atoms with Gasteiger partial charge in [-0.3, -0.25) is 4.79 Å². The minimum atomic E-state index is -4.64. The maximum atomic E-state index is 12.0. The van der Waals surface area contributed by atoms with Crippen LogP contribution in [0.15, 0.2) is 0 Å². The van der Waals surface area contributed by atoms with Crippen molar-refractivity contribution in [1.29, 1.82) is 0 Å². The highest BCUT2D eigenvalue weighted by molar-refractivity contribution is 7.87. The second kappa shape index (κ2) is 14.7. The van der Waals surface area contributed by atoms with E-state index in [0.717, 1.165) is 19.3 Å². The summed E-state index contributed by atoms with van der Waals surface area (Å²) in [6.45, 7) is 3.50. The Morgan fingerprint density at radius 2 is 1.28 bits per heavy atom. The van der Waals surface area contributed by atoms with Crippen molar-refractivity contribution in [1.82, 2.24) is 0 Å². The molecule has 0 aliphatic carbocycles. The van der Waals surface area contributed by atoms with Crippen LogP contribution in [0.4, 0.5) is 0 Å². The Morgan fingerprint density at radius 3 is 1.64 bits per heavy atom. The molecule has 0 rings (SSSR count). The first-order valence-electron chi connectivity index (χ1n) is 10.0. The van der Waals surface area contributed by atoms with E-state index in [9.17, 15) is 17.8 Å². The van der Waals surface area contributed by atoms with Gasteiger partial charge in [0.2, 0.25) is 0 Å². The van der Waals surface area contributed by atoms with E-state index in [-0.39, 0.29) is 0 Å². The van der Waals surface area contributed by atoms with Crippen LogP contribution in [0.2, 0.25) is 0 Å². The third-order valence-electron chi connectivity index (χ3n) is 4.86. The highest BCUT2D eigenvalue weighted by Crippen LogP contribution is 2.17. The van der Waals surface area contributed by atoms with Gasteiger partial charge < -0.3 is 10.3 Å². The Balaban J connectivity index is 3.63. The number of carbonyl (C=O) groups is 1. The van der Waals surface area contributed by atoms with Crippen LogP contribution in [0.1, 0.15) is 97.3 Å². The van der Waals surface area contributed by atoms with E-state index in [2.05, 4.69) is 6.92 Å². The lowest BCUT2D eigenvalue weighted by Crippen LogP contribution is -2.40. The minimum absolute atomic E-state index is 0.416. The molecule has 2 atom stereocenters. The Hall–Kier alpha value is -0.460. The van der Waals surface area contributed by atoms with Crippen molar-refractivity contribution < 1.29 is 17.8 Å². The first kappa shape index (κ1) is 24.5. The van der Waals surface area contributed by atoms with Gasteiger partial charge in [0.05, 0.1) is 0 Å². The molecule has 0 fully saturated rings. The topological polar surface area (TPSA) is 100 Å². The number of ketones is 1. The largest absolute Gasteiger partial charge is 0.747 e. The molecule has 0 amide bonds. The number of hydrogen-bond donors (Lipinski definition) is 1. The maximum absolute atomic E-state index is 12.0. The van der Waals surface area contributed by atoms with Crippen molar-refractivity contribution in [3.8, 4) is 0 Å². The average Bonchev–Trinajstić information content (AvgIpc) is 2.54. The van der Waals surface area contributed by atoms with Crippen molar-refractivity contribution in [2.24, 2.45) is 11.7 Å². The Bertz CT molecular complexity index is 437. The van der Waals surface area contributed by atoms with Crippen LogP contribution in [0.5, 0.6) is 0 Å². The summed E-state index contributed by atoms with van der Waals surface area (Å²) in [4.78, 5) is 12.0. The fourth-order valence-corrected chi connectivity index (χ4v) is 3.88. The first-order valence-corrected chi connectivity index (χ1v) is 11.5. The maximum Gasteiger partial charge on any atom is 0.153 e. The van der Waals surface area contributed by atoms with E-state index in [1.807, 2.05) is 0 Å². The van der Waals surface area contributed by atoms with E-state index in [1.54, 1.807) is 6.92 Å². The van der Waals surface area contributed by atoms with Crippen LogP contribution in [0, 0.1) is 5.92 Å². The van der Waals surface area contributed by atoms with E-state index in [0.29, 0.717) is 6.42 Å². The molecule has 0 saturated carbocycles. The third kappa shape index (κ3) is 12.5. The van der Waals surface area contributed by atoms with Crippen LogP contribution < -0.4 is 5.73 Å². The fraction of sp³-hybridized carbons (Fsp3) is 0.947. The van der Waals surface area contributed by atoms with Gasteiger partial charge in [-0.25, -0.2) is 8.42 Å². The van der Waals surface area contributed by atoms with Crippen molar-refractivity contribution >= 4 is 15.9 Å². The normalized spacial score (nSPS) is 14.4. The summed E-state index contributed by atoms with van der Waals surface area (Å²) in [5.41, 5.74) is 5.27. The quantitative estimate of drug-likeness (QED) is 0.303. The summed E-state index contributed by atoms with van der Waals surface area (Å²) in [7, 11) is -4.64. The number of Topliss-reactive ketones (excluding diaryl/α,β-unsaturated/α-hetero) is 1. The van der Waals surface area contributed by atoms with Crippen molar-refractivity contribution in [2.45, 2.75) is 103 Å². The molecule has 0 heterocycles. The van der Waals surface area contributed by atoms with E-state index in [1.165, 1.54) is 57.8 Å². The molecular formula is C19H38NO4S-. The molecule has 0 saturated heterocycles. The summed E-state index contributed by atoms with van der Waals surface area (Å²) in [6, 6.07) is 0. The zero-order valence-electron chi connectivity index (χ0n) is 16.2. The minimum Gasteiger partial charge on any atom is -0.747 e. The molecule has 0 aromatic rings. The van der Waals surface area contributed by atoms with Crippen LogP contribution in [-0.2, 0) is 14.9 Å². The van der Waals surface area contributed by atoms with Gasteiger partial charge in [0, 0.05) is 12.5 Å². The number of rotatable bonds is 17. The van der Waals surface area contributed by atoms with E-state index in [4.69, 9.17) is 5.73 Å². The Kier molecular flexibility index (Phi) is 14.4. The third-order valence-corrected chi connectivity index (χ3v) is 5.98. The SMILES string of the molecule is CCCCCCCCCCCCCCC(C)C(=O)C(CN)S(=O)(=O)[O-]. The lowest BCUT2D eigenvalue weighted by atomic mass is 9.96. The number of nitrogens with two attached hydrogens (primary N) is 1. The van der Waals surface area contributed by atoms with Crippen LogP contribution in [0.3, 0.4) is 0 Å². The standard InChI is InChI=1S/C19H39NO4S/c1-3-4-5-6-7-8-9-10-11-12-13-14-15-17(2)19(21)18(16-20)25(22,23)24/h17-18H,3-16,20H2,1-2H3,(H,22,23,24)/p-1. The summed E-state index contributed by atoms with van der Waals surface area (Å²) >= 11 is 0. The molecule has 6 heteroatoms. The highest BCUT2D eigenvalue weighted by atomic mass is 32.2. The molecule has 2 N–H and O–H groups in total. The first-order chi connectivity index (χ1) is 11.8. The fourth-order valence-electron chi connectivity index (χ4n) is 3.13. The van der Waals surface area contributed by atoms with Crippen LogP contribution >= 0.6 is 0 Å². The van der Waals surface area contributed by atoms with Crippen LogP contribution in [-0.4, -0.2) is 30.5 Å². The molecule has 0 spiro atoms. The smallest absolute Gasteiger partial charge is 0.153 e. The number of unbranched alkanes of at least 4 members (excludes halogenated alkanes) is 11. The predicted molar refractivity (Wildman–Crippen MR) is 102 cm³/mol. The summed E-state index contributed by atoms with van der Waals surface area (Å²) in [6.07, 6.45) is 15.6. The highest BCUT2D eigenvalue weighted by Gasteiger charge is 2.27. The molecule has 0 bridgehead atoms. The Labute approximate surface area is 154 Å². The van der Waals surface area contributed by atoms with Gasteiger partial charge in [-0.2, -0.15) is 0 Å². The molecule has 0 aromatic carbocycles. The van der Waals surface area contributed by atoms with Gasteiger partial charge in [0.1, 0.15) is 15.4 Å². The molecule has 25 heavy (non-hydrogen) atoms. The van der Waals surface area contributed by atoms with E-state index >= 15 is 0 Å². The summed E-state index contributed by atoms with van der Waals surface area (Å²) < 4.78 is 33.1. The summed E-state index contributed by atoms with van der Waals surface area (Å²) in [5, 5.41) is -1.58. The van der Waals surface area contributed by atoms with Gasteiger partial charge in [-0.1, -0.05) is 90.9 Å².